The fourth-order valence-electron chi connectivity index (χ4n) is 2.82. The summed E-state index contributed by atoms with van der Waals surface area (Å²) >= 11 is 0. The number of nitro groups is 1. The molecule has 2 unspecified atom stereocenters. The Morgan fingerprint density at radius 2 is 2.12 bits per heavy atom. The summed E-state index contributed by atoms with van der Waals surface area (Å²) in [7, 11) is 2.78. The number of aliphatic carboxylic acids is 1. The topological polar surface area (TPSA) is 119 Å². The van der Waals surface area contributed by atoms with E-state index < -0.39 is 22.8 Å². The molecular weight excluding hydrogens is 320 g/mol. The van der Waals surface area contributed by atoms with Gasteiger partial charge < -0.3 is 19.5 Å². The summed E-state index contributed by atoms with van der Waals surface area (Å²) in [6, 6.07) is 3.34. The van der Waals surface area contributed by atoms with Gasteiger partial charge in [-0.1, -0.05) is 0 Å². The van der Waals surface area contributed by atoms with Crippen LogP contribution in [0.2, 0.25) is 0 Å². The third kappa shape index (κ3) is 3.62. The molecule has 1 N–H and O–H groups in total. The second-order valence-corrected chi connectivity index (χ2v) is 5.45. The first-order valence-electron chi connectivity index (χ1n) is 7.25. The van der Waals surface area contributed by atoms with E-state index in [4.69, 9.17) is 14.6 Å². The van der Waals surface area contributed by atoms with Crippen LogP contribution in [0.4, 0.5) is 5.69 Å². The normalized spacial score (nSPS) is 20.0. The highest BCUT2D eigenvalue weighted by molar-refractivity contribution is 5.95. The number of benzene rings is 1. The van der Waals surface area contributed by atoms with E-state index in [0.717, 1.165) is 0 Å². The first-order chi connectivity index (χ1) is 11.4. The molecule has 1 aliphatic rings. The lowest BCUT2D eigenvalue weighted by Crippen LogP contribution is -2.37. The quantitative estimate of drug-likeness (QED) is 0.613. The van der Waals surface area contributed by atoms with Gasteiger partial charge in [-0.05, 0) is 12.5 Å². The lowest BCUT2D eigenvalue weighted by Gasteiger charge is -2.23. The Hall–Kier alpha value is -2.68. The molecule has 0 aromatic heterocycles. The van der Waals surface area contributed by atoms with Crippen molar-refractivity contribution in [2.75, 3.05) is 20.8 Å². The molecule has 9 nitrogen and oxygen atoms in total. The van der Waals surface area contributed by atoms with Crippen LogP contribution in [0.1, 0.15) is 23.2 Å². The van der Waals surface area contributed by atoms with Gasteiger partial charge in [-0.25, -0.2) is 0 Å². The van der Waals surface area contributed by atoms with Crippen LogP contribution in [-0.4, -0.2) is 59.7 Å². The zero-order valence-corrected chi connectivity index (χ0v) is 13.3. The van der Waals surface area contributed by atoms with Crippen LogP contribution in [0, 0.1) is 10.1 Å². The molecule has 1 amide bonds. The van der Waals surface area contributed by atoms with Crippen LogP contribution < -0.4 is 4.74 Å². The molecule has 24 heavy (non-hydrogen) atoms. The molecule has 1 aliphatic heterocycles. The largest absolute Gasteiger partial charge is 0.490 e. The molecule has 2 rings (SSSR count). The van der Waals surface area contributed by atoms with E-state index in [9.17, 15) is 19.7 Å². The second-order valence-electron chi connectivity index (χ2n) is 5.45. The predicted octanol–water partition coefficient (Wildman–Crippen LogP) is 1.31. The summed E-state index contributed by atoms with van der Waals surface area (Å²) in [4.78, 5) is 35.5. The number of carboxylic acids is 1. The van der Waals surface area contributed by atoms with Crippen molar-refractivity contribution >= 4 is 17.6 Å². The van der Waals surface area contributed by atoms with Crippen molar-refractivity contribution in [3.63, 3.8) is 0 Å². The highest BCUT2D eigenvalue weighted by atomic mass is 16.6. The zero-order valence-electron chi connectivity index (χ0n) is 13.3. The van der Waals surface area contributed by atoms with Gasteiger partial charge in [0, 0.05) is 37.4 Å². The van der Waals surface area contributed by atoms with Gasteiger partial charge in [0.25, 0.3) is 5.91 Å². The predicted molar refractivity (Wildman–Crippen MR) is 82.1 cm³/mol. The molecule has 0 bridgehead atoms. The monoisotopic (exact) mass is 338 g/mol. The van der Waals surface area contributed by atoms with Gasteiger partial charge in [0.15, 0.2) is 5.75 Å². The summed E-state index contributed by atoms with van der Waals surface area (Å²) in [5.41, 5.74) is -0.0445. The molecule has 2 atom stereocenters. The number of carbonyl (C=O) groups is 2. The maximum atomic E-state index is 12.7. The van der Waals surface area contributed by atoms with E-state index in [0.29, 0.717) is 6.42 Å². The van der Waals surface area contributed by atoms with Gasteiger partial charge >= 0.3 is 11.7 Å². The number of carboxylic acid groups (broad SMARTS) is 1. The SMILES string of the molecule is COc1cc(C(=O)N2CC(OC)CC2CC(=O)O)ccc1[N+](=O)[O-]. The van der Waals surface area contributed by atoms with Crippen molar-refractivity contribution in [1.82, 2.24) is 4.90 Å². The first kappa shape index (κ1) is 17.7. The molecule has 0 radical (unpaired) electrons. The summed E-state index contributed by atoms with van der Waals surface area (Å²) in [6.07, 6.45) is 0.00668. The molecule has 0 saturated carbocycles. The molecular formula is C15H18N2O7. The molecule has 1 aromatic rings. The van der Waals surface area contributed by atoms with Gasteiger partial charge in [0.05, 0.1) is 24.6 Å². The summed E-state index contributed by atoms with van der Waals surface area (Å²) in [5, 5.41) is 19.9. The fraction of sp³-hybridized carbons (Fsp3) is 0.467. The average Bonchev–Trinajstić information content (AvgIpc) is 2.95. The first-order valence-corrected chi connectivity index (χ1v) is 7.25. The van der Waals surface area contributed by atoms with Gasteiger partial charge in [-0.3, -0.25) is 19.7 Å². The van der Waals surface area contributed by atoms with Crippen LogP contribution in [0.25, 0.3) is 0 Å². The molecule has 1 aromatic carbocycles. The minimum absolute atomic E-state index is 0.0249. The number of likely N-dealkylation sites (tertiary alicyclic amines) is 1. The summed E-state index contributed by atoms with van der Waals surface area (Å²) in [5.74, 6) is -1.44. The van der Waals surface area contributed by atoms with Crippen LogP contribution in [0.15, 0.2) is 18.2 Å². The van der Waals surface area contributed by atoms with Crippen molar-refractivity contribution in [1.29, 1.82) is 0 Å². The highest BCUT2D eigenvalue weighted by Crippen LogP contribution is 2.30. The molecule has 0 spiro atoms. The Kier molecular flexibility index (Phi) is 5.35. The third-order valence-corrected chi connectivity index (χ3v) is 4.00. The third-order valence-electron chi connectivity index (χ3n) is 4.00. The number of methoxy groups -OCH3 is 2. The molecule has 1 heterocycles. The molecule has 1 fully saturated rings. The number of hydrogen-bond acceptors (Lipinski definition) is 6. The van der Waals surface area contributed by atoms with Crippen molar-refractivity contribution < 1.29 is 29.1 Å². The maximum Gasteiger partial charge on any atom is 0.310 e. The minimum Gasteiger partial charge on any atom is -0.490 e. The van der Waals surface area contributed by atoms with Crippen molar-refractivity contribution in [2.45, 2.75) is 25.0 Å². The fourth-order valence-corrected chi connectivity index (χ4v) is 2.82. The van der Waals surface area contributed by atoms with E-state index in [2.05, 4.69) is 0 Å². The number of rotatable bonds is 6. The number of nitrogens with zero attached hydrogens (tertiary/aromatic N) is 2. The minimum atomic E-state index is -1.00. The number of ether oxygens (including phenoxy) is 2. The van der Waals surface area contributed by atoms with Crippen LogP contribution in [0.5, 0.6) is 5.75 Å². The molecule has 1 saturated heterocycles. The Bertz CT molecular complexity index is 661. The second kappa shape index (κ2) is 7.26. The molecule has 0 aliphatic carbocycles. The van der Waals surface area contributed by atoms with Crippen molar-refractivity contribution in [2.24, 2.45) is 0 Å². The van der Waals surface area contributed by atoms with Crippen molar-refractivity contribution in [3.05, 3.63) is 33.9 Å². The van der Waals surface area contributed by atoms with Gasteiger partial charge in [0.2, 0.25) is 0 Å². The number of carbonyl (C=O) groups excluding carboxylic acids is 1. The lowest BCUT2D eigenvalue weighted by molar-refractivity contribution is -0.385. The van der Waals surface area contributed by atoms with Crippen LogP contribution >= 0.6 is 0 Å². The standard InChI is InChI=1S/C15H18N2O7/c1-23-11-6-10(7-14(18)19)16(8-11)15(20)9-3-4-12(17(21)22)13(5-9)24-2/h3-5,10-11H,6-8H2,1-2H3,(H,18,19). The maximum absolute atomic E-state index is 12.7. The molecule has 9 heteroatoms. The molecule has 130 valence electrons. The van der Waals surface area contributed by atoms with E-state index in [-0.39, 0.29) is 36.1 Å². The highest BCUT2D eigenvalue weighted by Gasteiger charge is 2.37. The van der Waals surface area contributed by atoms with Crippen molar-refractivity contribution in [3.8, 4) is 5.75 Å². The number of amides is 1. The summed E-state index contributed by atoms with van der Waals surface area (Å²) < 4.78 is 10.2. The smallest absolute Gasteiger partial charge is 0.310 e. The van der Waals surface area contributed by atoms with Gasteiger partial charge in [0.1, 0.15) is 0 Å². The Morgan fingerprint density at radius 1 is 1.42 bits per heavy atom. The Labute approximate surface area is 137 Å². The van der Waals surface area contributed by atoms with E-state index in [1.165, 1.54) is 37.3 Å². The van der Waals surface area contributed by atoms with E-state index in [1.54, 1.807) is 0 Å². The number of nitro benzene ring substituents is 1. The average molecular weight is 338 g/mol. The number of hydrogen-bond donors (Lipinski definition) is 1. The van der Waals surface area contributed by atoms with Gasteiger partial charge in [-0.15, -0.1) is 0 Å². The Morgan fingerprint density at radius 3 is 2.67 bits per heavy atom. The van der Waals surface area contributed by atoms with Gasteiger partial charge in [-0.2, -0.15) is 0 Å². The van der Waals surface area contributed by atoms with Crippen LogP contribution in [-0.2, 0) is 9.53 Å². The Balaban J connectivity index is 2.29. The summed E-state index contributed by atoms with van der Waals surface area (Å²) in [6.45, 7) is 0.270. The van der Waals surface area contributed by atoms with E-state index >= 15 is 0 Å². The lowest BCUT2D eigenvalue weighted by atomic mass is 10.1. The van der Waals surface area contributed by atoms with E-state index in [1.807, 2.05) is 0 Å². The zero-order chi connectivity index (χ0) is 17.9. The van der Waals surface area contributed by atoms with Crippen LogP contribution in [0.3, 0.4) is 0 Å².